The number of hydrogen-bond acceptors (Lipinski definition) is 4. The van der Waals surface area contributed by atoms with Crippen LogP contribution < -0.4 is 5.32 Å². The summed E-state index contributed by atoms with van der Waals surface area (Å²) in [5.74, 6) is -0.307. The van der Waals surface area contributed by atoms with Gasteiger partial charge in [-0.3, -0.25) is 9.59 Å². The van der Waals surface area contributed by atoms with Gasteiger partial charge in [0.15, 0.2) is 0 Å². The summed E-state index contributed by atoms with van der Waals surface area (Å²) >= 11 is 0. The number of hydrogen-bond donors (Lipinski definition) is 1. The molecule has 1 aromatic heterocycles. The zero-order valence-corrected chi connectivity index (χ0v) is 11.5. The lowest BCUT2D eigenvalue weighted by Crippen LogP contribution is -2.22. The van der Waals surface area contributed by atoms with Crippen molar-refractivity contribution in [2.45, 2.75) is 39.7 Å². The molecule has 0 aliphatic heterocycles. The van der Waals surface area contributed by atoms with E-state index in [1.54, 1.807) is 17.1 Å². The van der Waals surface area contributed by atoms with Gasteiger partial charge in [-0.15, -0.1) is 0 Å². The van der Waals surface area contributed by atoms with E-state index in [-0.39, 0.29) is 18.4 Å². The summed E-state index contributed by atoms with van der Waals surface area (Å²) in [5.41, 5.74) is 0.843. The number of aromatic nitrogens is 2. The standard InChI is InChI=1S/C13H21N3O3/c1-3-4-7-19-13(18)9-16-8-12(15-10-16)5-6-14-11(2)17/h8,10H,3-7,9H2,1-2H3,(H,14,17). The maximum Gasteiger partial charge on any atom is 0.325 e. The van der Waals surface area contributed by atoms with Gasteiger partial charge in [0, 0.05) is 26.1 Å². The molecule has 106 valence electrons. The zero-order valence-electron chi connectivity index (χ0n) is 11.5. The second kappa shape index (κ2) is 8.29. The van der Waals surface area contributed by atoms with E-state index in [0.29, 0.717) is 19.6 Å². The first-order chi connectivity index (χ1) is 9.11. The highest BCUT2D eigenvalue weighted by molar-refractivity contribution is 5.72. The van der Waals surface area contributed by atoms with Crippen LogP contribution in [0, 0.1) is 0 Å². The van der Waals surface area contributed by atoms with E-state index >= 15 is 0 Å². The van der Waals surface area contributed by atoms with Crippen LogP contribution in [0.25, 0.3) is 0 Å². The van der Waals surface area contributed by atoms with Crippen molar-refractivity contribution in [2.24, 2.45) is 0 Å². The molecule has 0 spiro atoms. The van der Waals surface area contributed by atoms with E-state index in [9.17, 15) is 9.59 Å². The van der Waals surface area contributed by atoms with Crippen LogP contribution in [0.5, 0.6) is 0 Å². The number of amides is 1. The molecule has 0 aromatic carbocycles. The molecule has 1 amide bonds. The molecule has 0 radical (unpaired) electrons. The first kappa shape index (κ1) is 15.2. The van der Waals surface area contributed by atoms with Crippen molar-refractivity contribution in [3.8, 4) is 0 Å². The van der Waals surface area contributed by atoms with E-state index in [2.05, 4.69) is 10.3 Å². The summed E-state index contributed by atoms with van der Waals surface area (Å²) < 4.78 is 6.76. The van der Waals surface area contributed by atoms with Gasteiger partial charge in [-0.2, -0.15) is 0 Å². The Balaban J connectivity index is 2.29. The fourth-order valence-corrected chi connectivity index (χ4v) is 1.51. The Labute approximate surface area is 113 Å². The van der Waals surface area contributed by atoms with Gasteiger partial charge in [-0.25, -0.2) is 4.98 Å². The van der Waals surface area contributed by atoms with Gasteiger partial charge in [-0.05, 0) is 6.42 Å². The zero-order chi connectivity index (χ0) is 14.1. The first-order valence-electron chi connectivity index (χ1n) is 6.52. The van der Waals surface area contributed by atoms with Crippen LogP contribution in [0.15, 0.2) is 12.5 Å². The van der Waals surface area contributed by atoms with Crippen molar-refractivity contribution < 1.29 is 14.3 Å². The van der Waals surface area contributed by atoms with Crippen LogP contribution in [0.1, 0.15) is 32.4 Å². The minimum absolute atomic E-state index is 0.0565. The normalized spacial score (nSPS) is 10.2. The van der Waals surface area contributed by atoms with Crippen LogP contribution in [-0.4, -0.2) is 34.6 Å². The monoisotopic (exact) mass is 267 g/mol. The molecule has 0 unspecified atom stereocenters. The van der Waals surface area contributed by atoms with Crippen molar-refractivity contribution in [1.29, 1.82) is 0 Å². The van der Waals surface area contributed by atoms with Crippen molar-refractivity contribution >= 4 is 11.9 Å². The third-order valence-electron chi connectivity index (χ3n) is 2.51. The topological polar surface area (TPSA) is 73.2 Å². The molecule has 1 rings (SSSR count). The molecule has 0 atom stereocenters. The second-order valence-corrected chi connectivity index (χ2v) is 4.34. The van der Waals surface area contributed by atoms with Gasteiger partial charge in [0.05, 0.1) is 18.6 Å². The lowest BCUT2D eigenvalue weighted by molar-refractivity contribution is -0.144. The number of nitrogens with one attached hydrogen (secondary N) is 1. The Bertz CT molecular complexity index is 415. The summed E-state index contributed by atoms with van der Waals surface area (Å²) in [6, 6.07) is 0. The minimum Gasteiger partial charge on any atom is -0.464 e. The Morgan fingerprint density at radius 2 is 2.26 bits per heavy atom. The molecule has 19 heavy (non-hydrogen) atoms. The fraction of sp³-hybridized carbons (Fsp3) is 0.615. The number of carbonyl (C=O) groups is 2. The fourth-order valence-electron chi connectivity index (χ4n) is 1.51. The lowest BCUT2D eigenvalue weighted by Gasteiger charge is -2.03. The first-order valence-corrected chi connectivity index (χ1v) is 6.52. The van der Waals surface area contributed by atoms with Crippen LogP contribution >= 0.6 is 0 Å². The molecular formula is C13H21N3O3. The average molecular weight is 267 g/mol. The number of imidazole rings is 1. The molecule has 0 fully saturated rings. The number of nitrogens with zero attached hydrogens (tertiary/aromatic N) is 2. The molecule has 1 heterocycles. The summed E-state index contributed by atoms with van der Waals surface area (Å²) in [6.45, 7) is 4.72. The van der Waals surface area contributed by atoms with Crippen molar-refractivity contribution in [3.05, 3.63) is 18.2 Å². The Kier molecular flexibility index (Phi) is 6.63. The van der Waals surface area contributed by atoms with Crippen LogP contribution in [-0.2, 0) is 27.3 Å². The molecule has 6 nitrogen and oxygen atoms in total. The number of esters is 1. The quantitative estimate of drug-likeness (QED) is 0.561. The number of carbonyl (C=O) groups excluding carboxylic acids is 2. The van der Waals surface area contributed by atoms with Gasteiger partial charge in [-0.1, -0.05) is 13.3 Å². The predicted molar refractivity (Wildman–Crippen MR) is 70.5 cm³/mol. The molecule has 1 aromatic rings. The van der Waals surface area contributed by atoms with Crippen LogP contribution in [0.3, 0.4) is 0 Å². The third kappa shape index (κ3) is 6.59. The minimum atomic E-state index is -0.251. The lowest BCUT2D eigenvalue weighted by atomic mass is 10.3. The van der Waals surface area contributed by atoms with Gasteiger partial charge < -0.3 is 14.6 Å². The molecular weight excluding hydrogens is 246 g/mol. The molecule has 0 bridgehead atoms. The highest BCUT2D eigenvalue weighted by atomic mass is 16.5. The largest absolute Gasteiger partial charge is 0.464 e. The maximum absolute atomic E-state index is 11.5. The van der Waals surface area contributed by atoms with Gasteiger partial charge in [0.2, 0.25) is 5.91 Å². The number of ether oxygens (including phenoxy) is 1. The Morgan fingerprint density at radius 1 is 1.47 bits per heavy atom. The Morgan fingerprint density at radius 3 is 2.95 bits per heavy atom. The molecule has 0 saturated heterocycles. The predicted octanol–water partition coefficient (Wildman–Crippen LogP) is 0.905. The van der Waals surface area contributed by atoms with E-state index < -0.39 is 0 Å². The van der Waals surface area contributed by atoms with E-state index in [4.69, 9.17) is 4.74 Å². The summed E-state index contributed by atoms with van der Waals surface area (Å²) in [6.07, 6.45) is 5.94. The summed E-state index contributed by atoms with van der Waals surface area (Å²) in [7, 11) is 0. The van der Waals surface area contributed by atoms with Crippen molar-refractivity contribution in [3.63, 3.8) is 0 Å². The highest BCUT2D eigenvalue weighted by Gasteiger charge is 2.05. The number of rotatable bonds is 8. The SMILES string of the molecule is CCCCOC(=O)Cn1cnc(CCNC(C)=O)c1. The van der Waals surface area contributed by atoms with Gasteiger partial charge in [0.1, 0.15) is 6.54 Å². The maximum atomic E-state index is 11.5. The number of unbranched alkanes of at least 4 members (excludes halogenated alkanes) is 1. The molecule has 6 heteroatoms. The molecule has 1 N–H and O–H groups in total. The molecule has 0 saturated carbocycles. The van der Waals surface area contributed by atoms with E-state index in [1.807, 2.05) is 6.92 Å². The summed E-state index contributed by atoms with van der Waals surface area (Å²) in [4.78, 5) is 26.4. The van der Waals surface area contributed by atoms with E-state index in [1.165, 1.54) is 6.92 Å². The van der Waals surface area contributed by atoms with Crippen LogP contribution in [0.2, 0.25) is 0 Å². The molecule has 0 aliphatic carbocycles. The average Bonchev–Trinajstić information content (AvgIpc) is 2.76. The van der Waals surface area contributed by atoms with E-state index in [0.717, 1.165) is 18.5 Å². The Hall–Kier alpha value is -1.85. The highest BCUT2D eigenvalue weighted by Crippen LogP contribution is 1.98. The van der Waals surface area contributed by atoms with Crippen molar-refractivity contribution in [2.75, 3.05) is 13.2 Å². The second-order valence-electron chi connectivity index (χ2n) is 4.34. The van der Waals surface area contributed by atoms with Gasteiger partial charge >= 0.3 is 5.97 Å². The van der Waals surface area contributed by atoms with Gasteiger partial charge in [0.25, 0.3) is 0 Å². The summed E-state index contributed by atoms with van der Waals surface area (Å²) in [5, 5.41) is 2.70. The smallest absolute Gasteiger partial charge is 0.325 e. The van der Waals surface area contributed by atoms with Crippen LogP contribution in [0.4, 0.5) is 0 Å². The molecule has 0 aliphatic rings. The van der Waals surface area contributed by atoms with Crippen molar-refractivity contribution in [1.82, 2.24) is 14.9 Å². The third-order valence-corrected chi connectivity index (χ3v) is 2.51.